The summed E-state index contributed by atoms with van der Waals surface area (Å²) in [5.74, 6) is -0.912. The van der Waals surface area contributed by atoms with Gasteiger partial charge in [-0.15, -0.1) is 0 Å². The first-order chi connectivity index (χ1) is 8.33. The Kier molecular flexibility index (Phi) is 4.83. The highest BCUT2D eigenvalue weighted by Crippen LogP contribution is 2.10. The summed E-state index contributed by atoms with van der Waals surface area (Å²) in [6, 6.07) is 4.87. The van der Waals surface area contributed by atoms with Gasteiger partial charge in [-0.3, -0.25) is 4.84 Å². The molecule has 100 valence electrons. The molecule has 1 rings (SSSR count). The second-order valence-electron chi connectivity index (χ2n) is 4.12. The molecule has 7 heteroatoms. The van der Waals surface area contributed by atoms with Gasteiger partial charge in [0.15, 0.2) is 0 Å². The number of carbonyl (C=O) groups is 1. The summed E-state index contributed by atoms with van der Waals surface area (Å²) in [5.41, 5.74) is 0.0250. The molecule has 0 aromatic heterocycles. The van der Waals surface area contributed by atoms with Crippen molar-refractivity contribution in [1.82, 2.24) is 4.89 Å². The van der Waals surface area contributed by atoms with E-state index in [2.05, 4.69) is 0 Å². The normalized spacial score (nSPS) is 11.7. The zero-order valence-corrected chi connectivity index (χ0v) is 10.9. The predicted molar refractivity (Wildman–Crippen MR) is 64.5 cm³/mol. The standard InChI is InChI=1S/C11H15NO5S/c1-8(2)7-17-12-18(15,16)10-5-3-9(4-6-10)11(13)14/h3-6,8,12H,7H2,1-2H3,(H,13,14). The Balaban J connectivity index is 2.76. The summed E-state index contributed by atoms with van der Waals surface area (Å²) in [5, 5.41) is 8.69. The van der Waals surface area contributed by atoms with E-state index in [-0.39, 0.29) is 23.0 Å². The average molecular weight is 273 g/mol. The number of carboxylic acid groups (broad SMARTS) is 1. The van der Waals surface area contributed by atoms with Crippen molar-refractivity contribution in [2.24, 2.45) is 5.92 Å². The molecule has 0 unspecified atom stereocenters. The van der Waals surface area contributed by atoms with E-state index < -0.39 is 16.0 Å². The Morgan fingerprint density at radius 1 is 1.33 bits per heavy atom. The largest absolute Gasteiger partial charge is 0.478 e. The Morgan fingerprint density at radius 2 is 1.89 bits per heavy atom. The maximum Gasteiger partial charge on any atom is 0.335 e. The van der Waals surface area contributed by atoms with Crippen LogP contribution in [0, 0.1) is 5.92 Å². The molecule has 1 aromatic rings. The summed E-state index contributed by atoms with van der Waals surface area (Å²) in [6.45, 7) is 4.03. The molecule has 1 aromatic carbocycles. The second-order valence-corrected chi connectivity index (χ2v) is 5.77. The molecule has 0 heterocycles. The number of benzene rings is 1. The lowest BCUT2D eigenvalue weighted by atomic mass is 10.2. The van der Waals surface area contributed by atoms with E-state index in [1.54, 1.807) is 0 Å². The zero-order chi connectivity index (χ0) is 13.8. The molecule has 18 heavy (non-hydrogen) atoms. The van der Waals surface area contributed by atoms with E-state index in [9.17, 15) is 13.2 Å². The molecule has 2 N–H and O–H groups in total. The Bertz CT molecular complexity index is 507. The smallest absolute Gasteiger partial charge is 0.335 e. The summed E-state index contributed by atoms with van der Waals surface area (Å²) in [6.07, 6.45) is 0. The summed E-state index contributed by atoms with van der Waals surface area (Å²) in [4.78, 5) is 17.4. The van der Waals surface area contributed by atoms with Gasteiger partial charge in [0, 0.05) is 0 Å². The van der Waals surface area contributed by atoms with Crippen molar-refractivity contribution in [2.45, 2.75) is 18.7 Å². The second kappa shape index (κ2) is 5.94. The molecule has 6 nitrogen and oxygen atoms in total. The van der Waals surface area contributed by atoms with Gasteiger partial charge in [0.25, 0.3) is 10.0 Å². The lowest BCUT2D eigenvalue weighted by Crippen LogP contribution is -2.25. The monoisotopic (exact) mass is 273 g/mol. The minimum Gasteiger partial charge on any atom is -0.478 e. The maximum absolute atomic E-state index is 11.7. The molecule has 0 bridgehead atoms. The number of hydrogen-bond acceptors (Lipinski definition) is 4. The summed E-state index contributed by atoms with van der Waals surface area (Å²) >= 11 is 0. The maximum atomic E-state index is 11.7. The molecular weight excluding hydrogens is 258 g/mol. The number of rotatable bonds is 6. The molecule has 0 amide bonds. The van der Waals surface area contributed by atoms with E-state index in [1.807, 2.05) is 18.7 Å². The number of sulfonamides is 1. The fourth-order valence-electron chi connectivity index (χ4n) is 1.10. The van der Waals surface area contributed by atoms with Crippen molar-refractivity contribution in [1.29, 1.82) is 0 Å². The molecule has 0 aliphatic rings. The van der Waals surface area contributed by atoms with Crippen LogP contribution in [0.15, 0.2) is 29.2 Å². The molecule has 0 saturated heterocycles. The van der Waals surface area contributed by atoms with Gasteiger partial charge in [0.2, 0.25) is 0 Å². The molecule has 0 fully saturated rings. The topological polar surface area (TPSA) is 92.7 Å². The van der Waals surface area contributed by atoms with E-state index >= 15 is 0 Å². The Labute approximate surface area is 106 Å². The molecular formula is C11H15NO5S. The zero-order valence-electron chi connectivity index (χ0n) is 10.1. The van der Waals surface area contributed by atoms with E-state index in [1.165, 1.54) is 24.3 Å². The van der Waals surface area contributed by atoms with Crippen molar-refractivity contribution in [3.63, 3.8) is 0 Å². The fraction of sp³-hybridized carbons (Fsp3) is 0.364. The van der Waals surface area contributed by atoms with E-state index in [4.69, 9.17) is 9.94 Å². The van der Waals surface area contributed by atoms with Gasteiger partial charge in [-0.05, 0) is 30.2 Å². The third-order valence-corrected chi connectivity index (χ3v) is 3.23. The summed E-state index contributed by atoms with van der Waals surface area (Å²) in [7, 11) is -3.76. The van der Waals surface area contributed by atoms with Crippen LogP contribution in [0.2, 0.25) is 0 Å². The highest BCUT2D eigenvalue weighted by atomic mass is 32.2. The first kappa shape index (κ1) is 14.6. The molecule has 0 radical (unpaired) electrons. The number of aromatic carboxylic acids is 1. The van der Waals surface area contributed by atoms with Gasteiger partial charge in [0.05, 0.1) is 17.1 Å². The lowest BCUT2D eigenvalue weighted by Gasteiger charge is -2.08. The van der Waals surface area contributed by atoms with E-state index in [0.717, 1.165) is 0 Å². The van der Waals surface area contributed by atoms with Crippen LogP contribution < -0.4 is 4.89 Å². The van der Waals surface area contributed by atoms with Crippen molar-refractivity contribution in [3.8, 4) is 0 Å². The molecule has 0 aliphatic carbocycles. The van der Waals surface area contributed by atoms with Crippen LogP contribution in [0.25, 0.3) is 0 Å². The third-order valence-electron chi connectivity index (χ3n) is 2.00. The van der Waals surface area contributed by atoms with Gasteiger partial charge in [0.1, 0.15) is 0 Å². The number of carboxylic acids is 1. The predicted octanol–water partition coefficient (Wildman–Crippen LogP) is 1.25. The summed E-state index contributed by atoms with van der Waals surface area (Å²) < 4.78 is 23.4. The van der Waals surface area contributed by atoms with Crippen LogP contribution in [-0.4, -0.2) is 26.1 Å². The first-order valence-electron chi connectivity index (χ1n) is 5.30. The third kappa shape index (κ3) is 4.10. The molecule has 0 aliphatic heterocycles. The number of hydrogen-bond donors (Lipinski definition) is 2. The Hall–Kier alpha value is -1.44. The minimum absolute atomic E-state index is 0.0250. The molecule has 0 atom stereocenters. The lowest BCUT2D eigenvalue weighted by molar-refractivity contribution is 0.0696. The van der Waals surface area contributed by atoms with Gasteiger partial charge in [-0.1, -0.05) is 18.7 Å². The Morgan fingerprint density at radius 3 is 2.33 bits per heavy atom. The first-order valence-corrected chi connectivity index (χ1v) is 6.78. The van der Waals surface area contributed by atoms with Crippen molar-refractivity contribution >= 4 is 16.0 Å². The highest BCUT2D eigenvalue weighted by molar-refractivity contribution is 7.89. The molecule has 0 saturated carbocycles. The van der Waals surface area contributed by atoms with Gasteiger partial charge >= 0.3 is 5.97 Å². The van der Waals surface area contributed by atoms with E-state index in [0.29, 0.717) is 0 Å². The SMILES string of the molecule is CC(C)CONS(=O)(=O)c1ccc(C(=O)O)cc1. The van der Waals surface area contributed by atoms with Gasteiger partial charge in [-0.25, -0.2) is 13.2 Å². The number of nitrogens with one attached hydrogen (secondary N) is 1. The minimum atomic E-state index is -3.76. The average Bonchev–Trinajstić information content (AvgIpc) is 2.28. The van der Waals surface area contributed by atoms with Crippen molar-refractivity contribution in [3.05, 3.63) is 29.8 Å². The fourth-order valence-corrected chi connectivity index (χ4v) is 1.92. The van der Waals surface area contributed by atoms with Crippen molar-refractivity contribution < 1.29 is 23.2 Å². The quantitative estimate of drug-likeness (QED) is 0.761. The van der Waals surface area contributed by atoms with Crippen LogP contribution in [0.1, 0.15) is 24.2 Å². The van der Waals surface area contributed by atoms with Crippen molar-refractivity contribution in [2.75, 3.05) is 6.61 Å². The van der Waals surface area contributed by atoms with Crippen LogP contribution in [0.5, 0.6) is 0 Å². The van der Waals surface area contributed by atoms with Crippen LogP contribution >= 0.6 is 0 Å². The van der Waals surface area contributed by atoms with Crippen LogP contribution in [0.3, 0.4) is 0 Å². The highest BCUT2D eigenvalue weighted by Gasteiger charge is 2.15. The molecule has 0 spiro atoms. The van der Waals surface area contributed by atoms with Crippen LogP contribution in [0.4, 0.5) is 0 Å². The van der Waals surface area contributed by atoms with Gasteiger partial charge in [-0.2, -0.15) is 0 Å². The van der Waals surface area contributed by atoms with Gasteiger partial charge < -0.3 is 5.11 Å². The van der Waals surface area contributed by atoms with Crippen LogP contribution in [-0.2, 0) is 14.9 Å².